The Hall–Kier alpha value is -0.670. The molecule has 2 nitrogen and oxygen atoms in total. The number of hydrogen-bond donors (Lipinski definition) is 0. The summed E-state index contributed by atoms with van der Waals surface area (Å²) in [7, 11) is -0.923. The van der Waals surface area contributed by atoms with Gasteiger partial charge >= 0.3 is 0 Å². The number of nitrogens with zero attached hydrogens (tertiary/aromatic N) is 1. The molecule has 0 amide bonds. The quantitative estimate of drug-likeness (QED) is 0.731. The summed E-state index contributed by atoms with van der Waals surface area (Å²) in [5.41, 5.74) is 1.21. The van der Waals surface area contributed by atoms with Crippen molar-refractivity contribution in [1.82, 2.24) is 4.31 Å². The summed E-state index contributed by atoms with van der Waals surface area (Å²) >= 11 is 0. The molecule has 0 aromatic heterocycles. The van der Waals surface area contributed by atoms with E-state index in [0.29, 0.717) is 5.92 Å². The highest BCUT2D eigenvalue weighted by Crippen LogP contribution is 2.26. The monoisotopic (exact) mass is 209 g/mol. The number of benzene rings is 1. The van der Waals surface area contributed by atoms with Gasteiger partial charge in [0.25, 0.3) is 0 Å². The fourth-order valence-electron chi connectivity index (χ4n) is 1.73. The second-order valence-electron chi connectivity index (χ2n) is 4.07. The predicted molar refractivity (Wildman–Crippen MR) is 58.1 cm³/mol. The van der Waals surface area contributed by atoms with Gasteiger partial charge in [0.2, 0.25) is 0 Å². The lowest BCUT2D eigenvalue weighted by Gasteiger charge is -2.15. The van der Waals surface area contributed by atoms with Gasteiger partial charge in [-0.2, -0.15) is 0 Å². The molecule has 1 heterocycles. The van der Waals surface area contributed by atoms with Gasteiger partial charge in [-0.25, -0.2) is 8.51 Å². The minimum atomic E-state index is -0.923. The molecule has 1 aliphatic rings. The molecule has 0 spiro atoms. The highest BCUT2D eigenvalue weighted by Gasteiger charge is 2.26. The van der Waals surface area contributed by atoms with Crippen LogP contribution in [0.15, 0.2) is 29.2 Å². The van der Waals surface area contributed by atoms with Crippen LogP contribution in [0.4, 0.5) is 0 Å². The van der Waals surface area contributed by atoms with E-state index < -0.39 is 11.0 Å². The molecule has 0 bridgehead atoms. The fraction of sp³-hybridized carbons (Fsp3) is 0.455. The molecule has 1 unspecified atom stereocenters. The minimum Gasteiger partial charge on any atom is -0.237 e. The predicted octanol–water partition coefficient (Wildman–Crippen LogP) is 2.18. The molecule has 0 radical (unpaired) electrons. The molecule has 0 saturated heterocycles. The average molecular weight is 209 g/mol. The van der Waals surface area contributed by atoms with Gasteiger partial charge in [-0.1, -0.05) is 32.0 Å². The van der Waals surface area contributed by atoms with Gasteiger partial charge in [0.1, 0.15) is 11.0 Å². The third kappa shape index (κ3) is 1.74. The lowest BCUT2D eigenvalue weighted by Crippen LogP contribution is -2.24. The smallest absolute Gasteiger partial charge is 0.128 e. The van der Waals surface area contributed by atoms with Crippen molar-refractivity contribution in [2.75, 3.05) is 6.54 Å². The molecule has 0 N–H and O–H groups in total. The van der Waals surface area contributed by atoms with Gasteiger partial charge in [0.05, 0.1) is 4.90 Å². The summed E-state index contributed by atoms with van der Waals surface area (Å²) in [6.07, 6.45) is 0. The van der Waals surface area contributed by atoms with Gasteiger partial charge in [-0.15, -0.1) is 0 Å². The van der Waals surface area contributed by atoms with Crippen LogP contribution in [-0.4, -0.2) is 15.1 Å². The van der Waals surface area contributed by atoms with Crippen molar-refractivity contribution in [3.05, 3.63) is 29.8 Å². The van der Waals surface area contributed by atoms with E-state index in [0.717, 1.165) is 18.0 Å². The van der Waals surface area contributed by atoms with Crippen LogP contribution in [-0.2, 0) is 17.5 Å². The molecule has 1 aromatic carbocycles. The highest BCUT2D eigenvalue weighted by atomic mass is 32.2. The summed E-state index contributed by atoms with van der Waals surface area (Å²) in [5.74, 6) is 0.563. The van der Waals surface area contributed by atoms with E-state index in [1.165, 1.54) is 5.56 Å². The van der Waals surface area contributed by atoms with Gasteiger partial charge in [0, 0.05) is 13.1 Å². The van der Waals surface area contributed by atoms with Crippen LogP contribution in [0.3, 0.4) is 0 Å². The van der Waals surface area contributed by atoms with Gasteiger partial charge in [-0.05, 0) is 17.5 Å². The van der Waals surface area contributed by atoms with E-state index >= 15 is 0 Å². The SMILES string of the molecule is CC(C)CN1Cc2ccccc2S1=O. The van der Waals surface area contributed by atoms with Crippen molar-refractivity contribution in [1.29, 1.82) is 0 Å². The minimum absolute atomic E-state index is 0.563. The van der Waals surface area contributed by atoms with Gasteiger partial charge < -0.3 is 0 Å². The molecule has 0 fully saturated rings. The number of rotatable bonds is 2. The van der Waals surface area contributed by atoms with E-state index in [-0.39, 0.29) is 0 Å². The maximum Gasteiger partial charge on any atom is 0.128 e. The first kappa shape index (κ1) is 9.87. The Morgan fingerprint density at radius 2 is 2.14 bits per heavy atom. The summed E-state index contributed by atoms with van der Waals surface area (Å²) in [6.45, 7) is 6.04. The van der Waals surface area contributed by atoms with E-state index in [4.69, 9.17) is 0 Å². The van der Waals surface area contributed by atoms with Gasteiger partial charge in [-0.3, -0.25) is 0 Å². The normalized spacial score (nSPS) is 21.5. The largest absolute Gasteiger partial charge is 0.237 e. The molecule has 0 aliphatic carbocycles. The van der Waals surface area contributed by atoms with Crippen molar-refractivity contribution in [3.63, 3.8) is 0 Å². The molecular weight excluding hydrogens is 194 g/mol. The Labute approximate surface area is 87.5 Å². The topological polar surface area (TPSA) is 20.3 Å². The van der Waals surface area contributed by atoms with Crippen LogP contribution in [0, 0.1) is 5.92 Å². The molecule has 0 saturated carbocycles. The van der Waals surface area contributed by atoms with Crippen LogP contribution < -0.4 is 0 Å². The van der Waals surface area contributed by atoms with Gasteiger partial charge in [0.15, 0.2) is 0 Å². The molecular formula is C11H15NOS. The standard InChI is InChI=1S/C11H15NOS/c1-9(2)7-12-8-10-5-3-4-6-11(10)14(12)13/h3-6,9H,7-8H2,1-2H3. The molecule has 3 heteroatoms. The Bertz CT molecular complexity index is 362. The lowest BCUT2D eigenvalue weighted by atomic mass is 10.2. The molecule has 76 valence electrons. The number of fused-ring (bicyclic) bond motifs is 1. The maximum atomic E-state index is 12.0. The van der Waals surface area contributed by atoms with Crippen LogP contribution >= 0.6 is 0 Å². The fourth-order valence-corrected chi connectivity index (χ4v) is 3.25. The summed E-state index contributed by atoms with van der Waals surface area (Å²) in [5, 5.41) is 0. The highest BCUT2D eigenvalue weighted by molar-refractivity contribution is 7.83. The Kier molecular flexibility index (Phi) is 2.70. The summed E-state index contributed by atoms with van der Waals surface area (Å²) < 4.78 is 14.0. The second-order valence-corrected chi connectivity index (χ2v) is 5.53. The zero-order valence-electron chi connectivity index (χ0n) is 8.56. The van der Waals surface area contributed by atoms with E-state index in [2.05, 4.69) is 19.9 Å². The first-order valence-corrected chi connectivity index (χ1v) is 6.04. The molecule has 2 rings (SSSR count). The Morgan fingerprint density at radius 1 is 1.43 bits per heavy atom. The van der Waals surface area contributed by atoms with E-state index in [9.17, 15) is 4.21 Å². The molecule has 14 heavy (non-hydrogen) atoms. The zero-order valence-corrected chi connectivity index (χ0v) is 9.38. The van der Waals surface area contributed by atoms with E-state index in [1.54, 1.807) is 0 Å². The molecule has 1 aromatic rings. The van der Waals surface area contributed by atoms with Crippen molar-refractivity contribution >= 4 is 11.0 Å². The van der Waals surface area contributed by atoms with Crippen molar-refractivity contribution in [3.8, 4) is 0 Å². The van der Waals surface area contributed by atoms with Crippen LogP contribution in [0.5, 0.6) is 0 Å². The molecule has 1 aliphatic heterocycles. The Morgan fingerprint density at radius 3 is 2.79 bits per heavy atom. The Balaban J connectivity index is 2.21. The summed E-state index contributed by atoms with van der Waals surface area (Å²) in [6, 6.07) is 7.99. The third-order valence-corrected chi connectivity index (χ3v) is 3.83. The third-order valence-electron chi connectivity index (χ3n) is 2.31. The van der Waals surface area contributed by atoms with Crippen LogP contribution in [0.25, 0.3) is 0 Å². The van der Waals surface area contributed by atoms with Crippen LogP contribution in [0.1, 0.15) is 19.4 Å². The van der Waals surface area contributed by atoms with Crippen LogP contribution in [0.2, 0.25) is 0 Å². The van der Waals surface area contributed by atoms with Crippen molar-refractivity contribution in [2.24, 2.45) is 5.92 Å². The summed E-state index contributed by atoms with van der Waals surface area (Å²) in [4.78, 5) is 0.994. The first-order valence-electron chi connectivity index (χ1n) is 4.93. The maximum absolute atomic E-state index is 12.0. The molecule has 1 atom stereocenters. The van der Waals surface area contributed by atoms with Crippen molar-refractivity contribution < 1.29 is 4.21 Å². The first-order chi connectivity index (χ1) is 6.68. The second kappa shape index (κ2) is 3.83. The van der Waals surface area contributed by atoms with E-state index in [1.807, 2.05) is 22.5 Å². The van der Waals surface area contributed by atoms with Crippen molar-refractivity contribution in [2.45, 2.75) is 25.3 Å². The lowest BCUT2D eigenvalue weighted by molar-refractivity contribution is 0.396. The average Bonchev–Trinajstić information content (AvgIpc) is 2.44. The zero-order chi connectivity index (χ0) is 10.1. The number of hydrogen-bond acceptors (Lipinski definition) is 1.